The first kappa shape index (κ1) is 56.0. The summed E-state index contributed by atoms with van der Waals surface area (Å²) in [6.45, 7) is 0. The molecular formula is C44H35N13O17S5. The molecule has 0 bridgehead atoms. The Morgan fingerprint density at radius 2 is 0.785 bits per heavy atom. The Bertz CT molecular complexity index is 4450. The van der Waals surface area contributed by atoms with Gasteiger partial charge in [0.1, 0.15) is 35.9 Å². The molecule has 0 spiro atoms. The molecule has 0 aromatic heterocycles. The number of allylic oxidation sites excluding steroid dienone is 2. The lowest BCUT2D eigenvalue weighted by Gasteiger charge is -2.17. The van der Waals surface area contributed by atoms with E-state index in [0.29, 0.717) is 0 Å². The largest absolute Gasteiger partial charge is 0.398 e. The Morgan fingerprint density at radius 3 is 1.19 bits per heavy atom. The van der Waals surface area contributed by atoms with E-state index in [0.717, 1.165) is 54.6 Å². The molecule has 0 saturated carbocycles. The summed E-state index contributed by atoms with van der Waals surface area (Å²) in [6, 6.07) is 19.7. The number of hydrogen-bond acceptors (Lipinski definition) is 25. The van der Waals surface area contributed by atoms with Gasteiger partial charge in [-0.1, -0.05) is 12.1 Å². The lowest BCUT2D eigenvalue weighted by atomic mass is 9.94. The molecule has 2 aliphatic rings. The molecule has 0 unspecified atom stereocenters. The van der Waals surface area contributed by atoms with Crippen LogP contribution in [0.15, 0.2) is 158 Å². The lowest BCUT2D eigenvalue weighted by molar-refractivity contribution is 0.105. The van der Waals surface area contributed by atoms with Gasteiger partial charge in [0.05, 0.1) is 51.2 Å². The average Bonchev–Trinajstić information content (AvgIpc) is 3.42. The van der Waals surface area contributed by atoms with Gasteiger partial charge in [0.2, 0.25) is 11.6 Å². The SMILES string of the molecule is Nc1cc(N)c(S(=O)(=O)O)cc1N=Nc1ccc2c(c1)C(=O)/C(=N\Nc1ccc(Nc3ccc(N/N=C4\C(=O)c5cc(N=Nc6cc(S(=O)(=O)O)c(N)cc6N)ccc5C=C4S(=O)(=O)O)cc3S(=O)(=O)O)cc1)C(S(=O)(=O)O)=C2. The van der Waals surface area contributed by atoms with Crippen molar-refractivity contribution in [3.8, 4) is 0 Å². The summed E-state index contributed by atoms with van der Waals surface area (Å²) < 4.78 is 171. The van der Waals surface area contributed by atoms with Crippen LogP contribution < -0.4 is 39.1 Å². The lowest BCUT2D eigenvalue weighted by Crippen LogP contribution is -2.27. The molecule has 35 heteroatoms. The van der Waals surface area contributed by atoms with Gasteiger partial charge in [-0.3, -0.25) is 43.2 Å². The quantitative estimate of drug-likeness (QED) is 0.0238. The number of carbonyl (C=O) groups is 2. The van der Waals surface area contributed by atoms with Gasteiger partial charge >= 0.3 is 0 Å². The van der Waals surface area contributed by atoms with Crippen molar-refractivity contribution < 1.29 is 74.4 Å². The standard InChI is InChI=1S/C44H35N13O17S5/c45-29-16-31(47)36(75(60,61)62)18-34(29)54-51-24-3-1-20-11-39(78(69,70)71)41(43(58)27(20)13-24)56-50-23-7-5-22(6-8-23)49-33-10-9-26(15-38(33)77(66,67)68)53-57-42-40(79(72,73)74)12-21-2-4-25(14-28(21)44(42)59)52-55-35-19-37(76(63,64)65)32(48)17-30(35)46/h1-19,49-50,53H,45-48H2,(H,60,61,62)(H,63,64,65)(H,66,67,68)(H,69,70,71)(H,72,73,74)/b54-51?,55-52?,56-41-,57-42-. The molecule has 16 N–H and O–H groups in total. The summed E-state index contributed by atoms with van der Waals surface area (Å²) in [5.41, 5.74) is 24.0. The van der Waals surface area contributed by atoms with Gasteiger partial charge in [0, 0.05) is 16.8 Å². The highest BCUT2D eigenvalue weighted by Crippen LogP contribution is 2.37. The fourth-order valence-corrected chi connectivity index (χ4v) is 10.6. The van der Waals surface area contributed by atoms with E-state index < -0.39 is 98.1 Å². The molecule has 6 aromatic carbocycles. The second-order valence-corrected chi connectivity index (χ2v) is 23.4. The Hall–Kier alpha value is -9.17. The van der Waals surface area contributed by atoms with Crippen LogP contribution in [-0.4, -0.2) is 87.8 Å². The van der Waals surface area contributed by atoms with E-state index in [9.17, 15) is 74.4 Å². The number of benzene rings is 6. The van der Waals surface area contributed by atoms with Gasteiger partial charge in [-0.2, -0.15) is 62.5 Å². The van der Waals surface area contributed by atoms with Crippen LogP contribution in [0.5, 0.6) is 0 Å². The Morgan fingerprint density at radius 1 is 0.392 bits per heavy atom. The van der Waals surface area contributed by atoms with Crippen molar-refractivity contribution in [2.75, 3.05) is 39.1 Å². The number of carbonyl (C=O) groups excluding carboxylic acids is 2. The number of rotatable bonds is 15. The number of Topliss-reactive ketones (excluding diaryl/α,β-unsaturated/α-hetero) is 2. The first-order valence-corrected chi connectivity index (χ1v) is 28.6. The van der Waals surface area contributed by atoms with Gasteiger partial charge in [-0.25, -0.2) is 0 Å². The molecule has 6 aromatic rings. The van der Waals surface area contributed by atoms with E-state index in [1.54, 1.807) is 0 Å². The molecule has 0 aliphatic heterocycles. The molecule has 79 heavy (non-hydrogen) atoms. The van der Waals surface area contributed by atoms with Crippen molar-refractivity contribution in [1.29, 1.82) is 0 Å². The third-order valence-electron chi connectivity index (χ3n) is 11.0. The highest BCUT2D eigenvalue weighted by molar-refractivity contribution is 7.91. The van der Waals surface area contributed by atoms with Crippen LogP contribution in [0, 0.1) is 0 Å². The van der Waals surface area contributed by atoms with E-state index in [1.807, 2.05) is 0 Å². The molecule has 0 saturated heterocycles. The van der Waals surface area contributed by atoms with Crippen molar-refractivity contribution in [2.24, 2.45) is 30.7 Å². The third-order valence-corrected chi connectivity index (χ3v) is 15.5. The molecule has 2 aliphatic carbocycles. The van der Waals surface area contributed by atoms with Crippen LogP contribution in [0.4, 0.5) is 68.2 Å². The summed E-state index contributed by atoms with van der Waals surface area (Å²) in [5, 5.41) is 26.2. The fourth-order valence-electron chi connectivity index (χ4n) is 7.34. The third kappa shape index (κ3) is 12.3. The zero-order valence-electron chi connectivity index (χ0n) is 39.1. The highest BCUT2D eigenvalue weighted by atomic mass is 32.2. The van der Waals surface area contributed by atoms with E-state index in [1.165, 1.54) is 60.7 Å². The monoisotopic (exact) mass is 1180 g/mol. The van der Waals surface area contributed by atoms with Crippen molar-refractivity contribution >= 4 is 154 Å². The van der Waals surface area contributed by atoms with Gasteiger partial charge in [-0.15, -0.1) is 10.2 Å². The summed E-state index contributed by atoms with van der Waals surface area (Å²) in [4.78, 5) is 23.5. The number of nitrogens with one attached hydrogen (secondary N) is 3. The van der Waals surface area contributed by atoms with Crippen LogP contribution in [0.25, 0.3) is 12.2 Å². The minimum absolute atomic E-state index is 0.0196. The first-order chi connectivity index (χ1) is 36.8. The van der Waals surface area contributed by atoms with Crippen LogP contribution in [0.1, 0.15) is 31.8 Å². The fraction of sp³-hybridized carbons (Fsp3) is 0. The molecule has 0 amide bonds. The van der Waals surface area contributed by atoms with Crippen molar-refractivity contribution in [1.82, 2.24) is 0 Å². The number of hydrogen-bond donors (Lipinski definition) is 12. The summed E-state index contributed by atoms with van der Waals surface area (Å²) in [7, 11) is -24.9. The second-order valence-electron chi connectivity index (χ2n) is 16.4. The van der Waals surface area contributed by atoms with Gasteiger partial charge in [0.25, 0.3) is 50.6 Å². The molecule has 0 atom stereocenters. The first-order valence-electron chi connectivity index (χ1n) is 21.4. The van der Waals surface area contributed by atoms with Crippen molar-refractivity contribution in [3.05, 3.63) is 135 Å². The summed E-state index contributed by atoms with van der Waals surface area (Å²) >= 11 is 0. The molecule has 0 radical (unpaired) electrons. The number of nitrogen functional groups attached to an aromatic ring is 4. The predicted molar refractivity (Wildman–Crippen MR) is 287 cm³/mol. The highest BCUT2D eigenvalue weighted by Gasteiger charge is 2.35. The maximum Gasteiger partial charge on any atom is 0.296 e. The zero-order valence-corrected chi connectivity index (χ0v) is 43.2. The van der Waals surface area contributed by atoms with E-state index >= 15 is 0 Å². The van der Waals surface area contributed by atoms with Crippen LogP contribution >= 0.6 is 0 Å². The molecule has 408 valence electrons. The van der Waals surface area contributed by atoms with E-state index in [2.05, 4.69) is 46.8 Å². The van der Waals surface area contributed by atoms with Crippen LogP contribution in [-0.2, 0) is 50.6 Å². The number of azo groups is 2. The topological polar surface area (TPSA) is 520 Å². The van der Waals surface area contributed by atoms with Gasteiger partial charge in [-0.05, 0) is 114 Å². The van der Waals surface area contributed by atoms with Crippen LogP contribution in [0.2, 0.25) is 0 Å². The average molecular weight is 1180 g/mol. The summed E-state index contributed by atoms with van der Waals surface area (Å²) in [5.74, 6) is -2.11. The number of nitrogens with two attached hydrogens (primary N) is 4. The predicted octanol–water partition coefficient (Wildman–Crippen LogP) is 6.12. The minimum atomic E-state index is -5.16. The Labute approximate surface area is 445 Å². The molecular weight excluding hydrogens is 1140 g/mol. The van der Waals surface area contributed by atoms with Crippen molar-refractivity contribution in [2.45, 2.75) is 14.7 Å². The zero-order chi connectivity index (χ0) is 57.7. The number of fused-ring (bicyclic) bond motifs is 2. The Balaban J connectivity index is 1.00. The number of ketones is 2. The molecule has 0 fully saturated rings. The maximum atomic E-state index is 13.8. The summed E-state index contributed by atoms with van der Waals surface area (Å²) in [6.07, 6.45) is 1.87. The Kier molecular flexibility index (Phi) is 14.7. The van der Waals surface area contributed by atoms with E-state index in [4.69, 9.17) is 22.9 Å². The number of nitrogens with zero attached hydrogens (tertiary/aromatic N) is 6. The maximum absolute atomic E-state index is 13.8. The number of anilines is 8. The van der Waals surface area contributed by atoms with Gasteiger partial charge < -0.3 is 28.3 Å². The number of hydrazone groups is 2. The molecule has 8 rings (SSSR count). The minimum Gasteiger partial charge on any atom is -0.398 e. The second kappa shape index (κ2) is 20.7. The molecule has 0 heterocycles. The molecule has 30 nitrogen and oxygen atoms in total. The van der Waals surface area contributed by atoms with Crippen LogP contribution in [0.3, 0.4) is 0 Å². The smallest absolute Gasteiger partial charge is 0.296 e. The van der Waals surface area contributed by atoms with E-state index in [-0.39, 0.29) is 90.5 Å². The normalized spacial score (nSPS) is 15.3. The van der Waals surface area contributed by atoms with Gasteiger partial charge in [0.15, 0.2) is 11.4 Å². The van der Waals surface area contributed by atoms with Crippen molar-refractivity contribution in [3.63, 3.8) is 0 Å².